The molecule has 2 aliphatic heterocycles. The summed E-state index contributed by atoms with van der Waals surface area (Å²) in [6.07, 6.45) is 4.96. The topological polar surface area (TPSA) is 57.6 Å². The minimum atomic E-state index is -0.732. The Hall–Kier alpha value is -0.710. The highest BCUT2D eigenvalue weighted by molar-refractivity contribution is 7.99. The van der Waals surface area contributed by atoms with Gasteiger partial charge in [-0.05, 0) is 49.0 Å². The van der Waals surface area contributed by atoms with Crippen LogP contribution in [0.4, 0.5) is 0 Å². The molecular weight excluding hydrogens is 262 g/mol. The zero-order valence-corrected chi connectivity index (χ0v) is 12.2. The minimum Gasteiger partial charge on any atom is -0.481 e. The van der Waals surface area contributed by atoms with Gasteiger partial charge in [0.05, 0.1) is 0 Å². The number of thioether (sulfide) groups is 1. The van der Waals surface area contributed by atoms with E-state index in [-0.39, 0.29) is 12.3 Å². The molecule has 1 unspecified atom stereocenters. The summed E-state index contributed by atoms with van der Waals surface area (Å²) in [6.45, 7) is 1.60. The Bertz CT molecular complexity index is 329. The average Bonchev–Trinajstić information content (AvgIpc) is 2.86. The number of amides is 1. The van der Waals surface area contributed by atoms with Crippen molar-refractivity contribution in [1.29, 1.82) is 0 Å². The lowest BCUT2D eigenvalue weighted by Crippen LogP contribution is -2.31. The molecule has 2 aliphatic rings. The second-order valence-electron chi connectivity index (χ2n) is 5.69. The molecule has 0 aromatic heterocycles. The Kier molecular flexibility index (Phi) is 5.55. The first-order chi connectivity index (χ1) is 9.15. The van der Waals surface area contributed by atoms with E-state index < -0.39 is 5.97 Å². The number of carboxylic acid groups (broad SMARTS) is 1. The normalized spacial score (nSPS) is 24.6. The van der Waals surface area contributed by atoms with Crippen molar-refractivity contribution >= 4 is 23.6 Å². The summed E-state index contributed by atoms with van der Waals surface area (Å²) < 4.78 is 0. The summed E-state index contributed by atoms with van der Waals surface area (Å²) in [7, 11) is 0. The van der Waals surface area contributed by atoms with Crippen molar-refractivity contribution in [3.8, 4) is 0 Å². The first kappa shape index (κ1) is 14.7. The molecule has 5 heteroatoms. The molecule has 1 amide bonds. The zero-order chi connectivity index (χ0) is 13.7. The van der Waals surface area contributed by atoms with E-state index in [1.54, 1.807) is 0 Å². The molecule has 1 N–H and O–H groups in total. The third-order valence-electron chi connectivity index (χ3n) is 4.21. The third-order valence-corrected chi connectivity index (χ3v) is 5.26. The van der Waals surface area contributed by atoms with E-state index >= 15 is 0 Å². The van der Waals surface area contributed by atoms with Gasteiger partial charge in [0.15, 0.2) is 0 Å². The lowest BCUT2D eigenvalue weighted by atomic mass is 9.98. The van der Waals surface area contributed by atoms with Crippen molar-refractivity contribution in [2.24, 2.45) is 11.8 Å². The number of hydrogen-bond acceptors (Lipinski definition) is 3. The van der Waals surface area contributed by atoms with E-state index in [1.165, 1.54) is 24.3 Å². The molecule has 2 rings (SSSR count). The molecule has 0 aromatic rings. The lowest BCUT2D eigenvalue weighted by Gasteiger charge is -2.24. The number of carbonyl (C=O) groups is 2. The molecule has 0 aromatic carbocycles. The maximum Gasteiger partial charge on any atom is 0.303 e. The van der Waals surface area contributed by atoms with Crippen LogP contribution in [0.15, 0.2) is 0 Å². The number of hydrogen-bond donors (Lipinski definition) is 1. The zero-order valence-electron chi connectivity index (χ0n) is 11.3. The van der Waals surface area contributed by atoms with Crippen molar-refractivity contribution in [2.45, 2.75) is 38.5 Å². The van der Waals surface area contributed by atoms with E-state index in [0.29, 0.717) is 24.7 Å². The minimum absolute atomic E-state index is 0.229. The van der Waals surface area contributed by atoms with Gasteiger partial charge in [0.2, 0.25) is 5.91 Å². The fraction of sp³-hybridized carbons (Fsp3) is 0.857. The van der Waals surface area contributed by atoms with Crippen molar-refractivity contribution in [1.82, 2.24) is 4.90 Å². The Balaban J connectivity index is 1.70. The number of likely N-dealkylation sites (tertiary alicyclic amines) is 1. The van der Waals surface area contributed by atoms with Gasteiger partial charge in [0.25, 0.3) is 0 Å². The fourth-order valence-corrected chi connectivity index (χ4v) is 4.15. The van der Waals surface area contributed by atoms with Crippen LogP contribution in [0.2, 0.25) is 0 Å². The summed E-state index contributed by atoms with van der Waals surface area (Å²) in [5.74, 6) is 2.91. The van der Waals surface area contributed by atoms with Gasteiger partial charge in [0, 0.05) is 25.9 Å². The first-order valence-electron chi connectivity index (χ1n) is 7.22. The van der Waals surface area contributed by atoms with Gasteiger partial charge in [-0.15, -0.1) is 0 Å². The lowest BCUT2D eigenvalue weighted by molar-refractivity contribution is -0.137. The highest BCUT2D eigenvalue weighted by atomic mass is 32.2. The molecule has 108 valence electrons. The number of aliphatic carboxylic acids is 1. The van der Waals surface area contributed by atoms with Crippen molar-refractivity contribution in [3.63, 3.8) is 0 Å². The van der Waals surface area contributed by atoms with Crippen LogP contribution < -0.4 is 0 Å². The molecule has 0 bridgehead atoms. The molecule has 0 radical (unpaired) electrons. The van der Waals surface area contributed by atoms with Gasteiger partial charge < -0.3 is 10.0 Å². The molecule has 0 saturated carbocycles. The van der Waals surface area contributed by atoms with Crippen LogP contribution in [0.1, 0.15) is 38.5 Å². The predicted molar refractivity (Wildman–Crippen MR) is 76.2 cm³/mol. The number of rotatable bonds is 5. The van der Waals surface area contributed by atoms with Crippen LogP contribution in [0.5, 0.6) is 0 Å². The number of carboxylic acids is 1. The van der Waals surface area contributed by atoms with Gasteiger partial charge in [0.1, 0.15) is 0 Å². The molecule has 4 nitrogen and oxygen atoms in total. The maximum absolute atomic E-state index is 12.2. The van der Waals surface area contributed by atoms with Crippen LogP contribution in [0.25, 0.3) is 0 Å². The predicted octanol–water partition coefficient (Wildman–Crippen LogP) is 2.23. The monoisotopic (exact) mass is 285 g/mol. The smallest absolute Gasteiger partial charge is 0.303 e. The maximum atomic E-state index is 12.2. The second kappa shape index (κ2) is 7.17. The average molecular weight is 285 g/mol. The summed E-state index contributed by atoms with van der Waals surface area (Å²) in [6, 6.07) is 0. The van der Waals surface area contributed by atoms with Crippen LogP contribution in [-0.4, -0.2) is 46.5 Å². The largest absolute Gasteiger partial charge is 0.481 e. The van der Waals surface area contributed by atoms with E-state index in [9.17, 15) is 9.59 Å². The van der Waals surface area contributed by atoms with Crippen molar-refractivity contribution in [2.75, 3.05) is 24.6 Å². The molecular formula is C14H23NO3S. The van der Waals surface area contributed by atoms with Crippen molar-refractivity contribution < 1.29 is 14.7 Å². The Morgan fingerprint density at radius 3 is 2.58 bits per heavy atom. The molecule has 19 heavy (non-hydrogen) atoms. The second-order valence-corrected chi connectivity index (χ2v) is 6.91. The van der Waals surface area contributed by atoms with Gasteiger partial charge in [-0.2, -0.15) is 11.8 Å². The molecule has 0 aliphatic carbocycles. The Morgan fingerprint density at radius 2 is 1.89 bits per heavy atom. The van der Waals surface area contributed by atoms with Gasteiger partial charge >= 0.3 is 5.97 Å². The summed E-state index contributed by atoms with van der Waals surface area (Å²) in [5.41, 5.74) is 0. The highest BCUT2D eigenvalue weighted by Gasteiger charge is 2.28. The fourth-order valence-electron chi connectivity index (χ4n) is 2.95. The van der Waals surface area contributed by atoms with Crippen LogP contribution >= 0.6 is 11.8 Å². The molecule has 2 fully saturated rings. The van der Waals surface area contributed by atoms with Crippen molar-refractivity contribution in [3.05, 3.63) is 0 Å². The molecule has 2 saturated heterocycles. The summed E-state index contributed by atoms with van der Waals surface area (Å²) >= 11 is 1.99. The quantitative estimate of drug-likeness (QED) is 0.841. The Morgan fingerprint density at radius 1 is 1.16 bits per heavy atom. The van der Waals surface area contributed by atoms with E-state index in [4.69, 9.17) is 5.11 Å². The van der Waals surface area contributed by atoms with Crippen LogP contribution in [0.3, 0.4) is 0 Å². The first-order valence-corrected chi connectivity index (χ1v) is 8.38. The number of carbonyl (C=O) groups excluding carboxylic acids is 1. The van der Waals surface area contributed by atoms with Gasteiger partial charge in [-0.1, -0.05) is 0 Å². The highest BCUT2D eigenvalue weighted by Crippen LogP contribution is 2.28. The summed E-state index contributed by atoms with van der Waals surface area (Å²) in [4.78, 5) is 24.7. The van der Waals surface area contributed by atoms with Gasteiger partial charge in [-0.25, -0.2) is 0 Å². The molecule has 1 atom stereocenters. The van der Waals surface area contributed by atoms with Gasteiger partial charge in [-0.3, -0.25) is 9.59 Å². The van der Waals surface area contributed by atoms with Crippen LogP contribution in [-0.2, 0) is 9.59 Å². The SMILES string of the molecule is O=C(O)CCC1CCN(C(=O)CC2CCSCC2)C1. The summed E-state index contributed by atoms with van der Waals surface area (Å²) in [5, 5.41) is 8.68. The number of nitrogens with zero attached hydrogens (tertiary/aromatic N) is 1. The third kappa shape index (κ3) is 4.71. The van der Waals surface area contributed by atoms with E-state index in [0.717, 1.165) is 19.5 Å². The Labute approximate surface area is 118 Å². The van der Waals surface area contributed by atoms with Crippen LogP contribution in [0, 0.1) is 11.8 Å². The van der Waals surface area contributed by atoms with E-state index in [1.807, 2.05) is 16.7 Å². The molecule has 2 heterocycles. The standard InChI is InChI=1S/C14H23NO3S/c16-13(9-11-4-7-19-8-5-11)15-6-3-12(10-15)1-2-14(17)18/h11-12H,1-10H2,(H,17,18). The molecule has 0 spiro atoms. The van der Waals surface area contributed by atoms with E-state index in [2.05, 4.69) is 0 Å².